The van der Waals surface area contributed by atoms with Crippen LogP contribution in [0, 0.1) is 0 Å². The van der Waals surface area contributed by atoms with Gasteiger partial charge in [-0.1, -0.05) is 12.1 Å². The molecule has 0 saturated heterocycles. The Hall–Kier alpha value is -3.72. The molecule has 1 aliphatic rings. The second-order valence-electron chi connectivity index (χ2n) is 8.40. The molecular weight excluding hydrogens is 466 g/mol. The fourth-order valence-electron chi connectivity index (χ4n) is 3.69. The van der Waals surface area contributed by atoms with Crippen LogP contribution in [0.4, 0.5) is 10.5 Å². The predicted molar refractivity (Wildman–Crippen MR) is 135 cm³/mol. The fourth-order valence-corrected chi connectivity index (χ4v) is 4.41. The van der Waals surface area contributed by atoms with E-state index in [0.29, 0.717) is 36.0 Å². The zero-order valence-corrected chi connectivity index (χ0v) is 20.8. The molecule has 1 aromatic heterocycles. The van der Waals surface area contributed by atoms with Gasteiger partial charge in [-0.15, -0.1) is 11.3 Å². The molecule has 2 heterocycles. The van der Waals surface area contributed by atoms with Gasteiger partial charge in [0.15, 0.2) is 11.5 Å². The molecule has 0 bridgehead atoms. The number of hydrogen-bond acceptors (Lipinski definition) is 6. The van der Waals surface area contributed by atoms with Crippen LogP contribution in [-0.4, -0.2) is 48.2 Å². The summed E-state index contributed by atoms with van der Waals surface area (Å²) in [6.07, 6.45) is 0. The Balaban J connectivity index is 1.48. The summed E-state index contributed by atoms with van der Waals surface area (Å²) < 4.78 is 16.1. The largest absolute Gasteiger partial charge is 0.497 e. The third-order valence-electron chi connectivity index (χ3n) is 5.62. The minimum atomic E-state index is -0.335. The van der Waals surface area contributed by atoms with E-state index < -0.39 is 0 Å². The average Bonchev–Trinajstić information content (AvgIpc) is 3.54. The molecule has 3 amide bonds. The third-order valence-corrected chi connectivity index (χ3v) is 6.48. The number of anilines is 1. The number of ether oxygens (including phenoxy) is 3. The second kappa shape index (κ2) is 11.1. The number of nitrogens with zero attached hydrogens (tertiary/aromatic N) is 2. The Morgan fingerprint density at radius 1 is 1.06 bits per heavy atom. The third kappa shape index (κ3) is 6.24. The number of urea groups is 1. The number of carbonyl (C=O) groups excluding carboxylic acids is 2. The van der Waals surface area contributed by atoms with Crippen molar-refractivity contribution in [2.45, 2.75) is 33.0 Å². The number of methoxy groups -OCH3 is 1. The standard InChI is InChI=1S/C26H29N3O5S/c1-18(2)29(26(31)27-20-7-9-21(32-3)10-8-20)16-25(30)28(15-22-5-4-12-35-22)14-19-6-11-23-24(13-19)34-17-33-23/h4-13,18H,14-17H2,1-3H3,(H,27,31). The molecule has 35 heavy (non-hydrogen) atoms. The zero-order valence-electron chi connectivity index (χ0n) is 20.0. The van der Waals surface area contributed by atoms with Gasteiger partial charge < -0.3 is 29.3 Å². The van der Waals surface area contributed by atoms with Crippen molar-refractivity contribution < 1.29 is 23.8 Å². The van der Waals surface area contributed by atoms with Gasteiger partial charge in [0.05, 0.1) is 13.7 Å². The quantitative estimate of drug-likeness (QED) is 0.454. The second-order valence-corrected chi connectivity index (χ2v) is 9.43. The SMILES string of the molecule is COc1ccc(NC(=O)N(CC(=O)N(Cc2ccc3c(c2)OCO3)Cc2cccs2)C(C)C)cc1. The van der Waals surface area contributed by atoms with E-state index in [2.05, 4.69) is 5.32 Å². The fraction of sp³-hybridized carbons (Fsp3) is 0.308. The number of rotatable bonds is 9. The monoisotopic (exact) mass is 495 g/mol. The molecule has 0 fully saturated rings. The molecule has 0 spiro atoms. The van der Waals surface area contributed by atoms with E-state index in [1.165, 1.54) is 4.90 Å². The molecule has 1 aliphatic heterocycles. The lowest BCUT2D eigenvalue weighted by Gasteiger charge is -2.30. The molecular formula is C26H29N3O5S. The molecule has 4 rings (SSSR count). The summed E-state index contributed by atoms with van der Waals surface area (Å²) >= 11 is 1.59. The Morgan fingerprint density at radius 3 is 2.51 bits per heavy atom. The number of hydrogen-bond donors (Lipinski definition) is 1. The summed E-state index contributed by atoms with van der Waals surface area (Å²) in [7, 11) is 1.59. The van der Waals surface area contributed by atoms with Crippen LogP contribution in [0.25, 0.3) is 0 Å². The van der Waals surface area contributed by atoms with Crippen LogP contribution in [0.5, 0.6) is 17.2 Å². The zero-order chi connectivity index (χ0) is 24.8. The molecule has 8 nitrogen and oxygen atoms in total. The van der Waals surface area contributed by atoms with Crippen molar-refractivity contribution in [1.29, 1.82) is 0 Å². The van der Waals surface area contributed by atoms with E-state index in [-0.39, 0.29) is 31.3 Å². The highest BCUT2D eigenvalue weighted by molar-refractivity contribution is 7.09. The van der Waals surface area contributed by atoms with Crippen LogP contribution in [0.1, 0.15) is 24.3 Å². The van der Waals surface area contributed by atoms with Gasteiger partial charge in [-0.3, -0.25) is 4.79 Å². The molecule has 0 unspecified atom stereocenters. The Bertz CT molecular complexity index is 1150. The number of nitrogens with one attached hydrogen (secondary N) is 1. The normalized spacial score (nSPS) is 11.9. The summed E-state index contributed by atoms with van der Waals surface area (Å²) in [6, 6.07) is 16.2. The first-order valence-corrected chi connectivity index (χ1v) is 12.2. The van der Waals surface area contributed by atoms with Crippen LogP contribution < -0.4 is 19.5 Å². The van der Waals surface area contributed by atoms with Gasteiger partial charge in [0.2, 0.25) is 12.7 Å². The minimum Gasteiger partial charge on any atom is -0.497 e. The first-order chi connectivity index (χ1) is 16.9. The summed E-state index contributed by atoms with van der Waals surface area (Å²) in [4.78, 5) is 30.9. The van der Waals surface area contributed by atoms with Gasteiger partial charge in [0.1, 0.15) is 12.3 Å². The molecule has 0 saturated carbocycles. The van der Waals surface area contributed by atoms with Crippen LogP contribution in [-0.2, 0) is 17.9 Å². The molecule has 3 aromatic rings. The van der Waals surface area contributed by atoms with Crippen LogP contribution in [0.2, 0.25) is 0 Å². The minimum absolute atomic E-state index is 0.0460. The molecule has 184 valence electrons. The lowest BCUT2D eigenvalue weighted by atomic mass is 10.2. The Labute approximate surface area is 209 Å². The maximum atomic E-state index is 13.5. The molecule has 9 heteroatoms. The van der Waals surface area contributed by atoms with E-state index in [0.717, 1.165) is 10.4 Å². The van der Waals surface area contributed by atoms with E-state index in [4.69, 9.17) is 14.2 Å². The highest BCUT2D eigenvalue weighted by Gasteiger charge is 2.25. The van der Waals surface area contributed by atoms with Crippen LogP contribution in [0.3, 0.4) is 0 Å². The van der Waals surface area contributed by atoms with Gasteiger partial charge in [0, 0.05) is 23.2 Å². The van der Waals surface area contributed by atoms with Gasteiger partial charge >= 0.3 is 6.03 Å². The Kier molecular flexibility index (Phi) is 7.77. The maximum Gasteiger partial charge on any atom is 0.322 e. The summed E-state index contributed by atoms with van der Waals surface area (Å²) in [6.45, 7) is 4.78. The van der Waals surface area contributed by atoms with Gasteiger partial charge in [0.25, 0.3) is 0 Å². The summed E-state index contributed by atoms with van der Waals surface area (Å²) in [5, 5.41) is 4.86. The van der Waals surface area contributed by atoms with Crippen molar-refractivity contribution in [2.75, 3.05) is 25.8 Å². The molecule has 0 radical (unpaired) electrons. The van der Waals surface area contributed by atoms with Crippen molar-refractivity contribution in [2.24, 2.45) is 0 Å². The first-order valence-electron chi connectivity index (χ1n) is 11.3. The highest BCUT2D eigenvalue weighted by atomic mass is 32.1. The number of benzene rings is 2. The number of amides is 3. The van der Waals surface area contributed by atoms with Crippen molar-refractivity contribution in [3.63, 3.8) is 0 Å². The average molecular weight is 496 g/mol. The number of thiophene rings is 1. The van der Waals surface area contributed by atoms with E-state index in [1.807, 2.05) is 49.6 Å². The van der Waals surface area contributed by atoms with Crippen LogP contribution in [0.15, 0.2) is 60.0 Å². The van der Waals surface area contributed by atoms with Crippen molar-refractivity contribution in [3.8, 4) is 17.2 Å². The lowest BCUT2D eigenvalue weighted by molar-refractivity contribution is -0.133. The molecule has 1 N–H and O–H groups in total. The lowest BCUT2D eigenvalue weighted by Crippen LogP contribution is -2.47. The Morgan fingerprint density at radius 2 is 1.83 bits per heavy atom. The predicted octanol–water partition coefficient (Wildman–Crippen LogP) is 4.96. The van der Waals surface area contributed by atoms with Gasteiger partial charge in [-0.25, -0.2) is 4.79 Å². The van der Waals surface area contributed by atoms with Crippen molar-refractivity contribution in [1.82, 2.24) is 9.80 Å². The van der Waals surface area contributed by atoms with Gasteiger partial charge in [-0.2, -0.15) is 0 Å². The topological polar surface area (TPSA) is 80.3 Å². The van der Waals surface area contributed by atoms with Crippen molar-refractivity contribution >= 4 is 29.0 Å². The van der Waals surface area contributed by atoms with Gasteiger partial charge in [-0.05, 0) is 67.3 Å². The summed E-state index contributed by atoms with van der Waals surface area (Å²) in [5.74, 6) is 1.93. The maximum absolute atomic E-state index is 13.5. The highest BCUT2D eigenvalue weighted by Crippen LogP contribution is 2.33. The smallest absolute Gasteiger partial charge is 0.322 e. The molecule has 2 aromatic carbocycles. The molecule has 0 aliphatic carbocycles. The summed E-state index contributed by atoms with van der Waals surface area (Å²) in [5.41, 5.74) is 1.56. The van der Waals surface area contributed by atoms with E-state index in [1.54, 1.807) is 47.6 Å². The van der Waals surface area contributed by atoms with E-state index >= 15 is 0 Å². The first kappa shape index (κ1) is 24.4. The molecule has 0 atom stereocenters. The number of carbonyl (C=O) groups is 2. The van der Waals surface area contributed by atoms with Crippen LogP contribution >= 0.6 is 11.3 Å². The van der Waals surface area contributed by atoms with Crippen molar-refractivity contribution in [3.05, 3.63) is 70.4 Å². The number of fused-ring (bicyclic) bond motifs is 1. The van der Waals surface area contributed by atoms with E-state index in [9.17, 15) is 9.59 Å².